The molecule has 0 bridgehead atoms. The van der Waals surface area contributed by atoms with E-state index >= 15 is 0 Å². The number of nitrogens with zero attached hydrogens (tertiary/aromatic N) is 4. The average molecular weight is 366 g/mol. The fourth-order valence-corrected chi connectivity index (χ4v) is 3.56. The Bertz CT molecular complexity index is 920. The van der Waals surface area contributed by atoms with E-state index in [1.807, 2.05) is 30.3 Å². The van der Waals surface area contributed by atoms with Crippen LogP contribution >= 0.6 is 0 Å². The van der Waals surface area contributed by atoms with Gasteiger partial charge in [0.1, 0.15) is 12.1 Å². The molecule has 0 saturated carbocycles. The van der Waals surface area contributed by atoms with Gasteiger partial charge < -0.3 is 15.8 Å². The molecule has 140 valence electrons. The second kappa shape index (κ2) is 7.71. The van der Waals surface area contributed by atoms with Crippen molar-refractivity contribution in [3.05, 3.63) is 42.9 Å². The van der Waals surface area contributed by atoms with Crippen molar-refractivity contribution in [1.82, 2.24) is 19.7 Å². The number of primary amides is 1. The average Bonchev–Trinajstić information content (AvgIpc) is 3.14. The number of anilines is 1. The lowest BCUT2D eigenvalue weighted by Gasteiger charge is -2.30. The molecule has 3 aromatic rings. The molecule has 8 nitrogen and oxygen atoms in total. The van der Waals surface area contributed by atoms with Gasteiger partial charge >= 0.3 is 0 Å². The summed E-state index contributed by atoms with van der Waals surface area (Å²) in [6, 6.07) is 9.72. The van der Waals surface area contributed by atoms with Gasteiger partial charge in [0.15, 0.2) is 5.65 Å². The Hall–Kier alpha value is -3.00. The summed E-state index contributed by atoms with van der Waals surface area (Å²) in [7, 11) is 0. The number of nitrogens with two attached hydrogens (primary N) is 1. The van der Waals surface area contributed by atoms with Crippen molar-refractivity contribution in [2.75, 3.05) is 18.5 Å². The summed E-state index contributed by atoms with van der Waals surface area (Å²) in [6.07, 6.45) is 5.29. The van der Waals surface area contributed by atoms with Crippen LogP contribution in [-0.2, 0) is 9.53 Å². The number of para-hydroxylation sites is 1. The number of benzene rings is 1. The van der Waals surface area contributed by atoms with Crippen LogP contribution < -0.4 is 11.1 Å². The van der Waals surface area contributed by atoms with Crippen LogP contribution in [0.4, 0.5) is 5.82 Å². The van der Waals surface area contributed by atoms with Crippen LogP contribution in [0.1, 0.15) is 19.3 Å². The zero-order valence-electron chi connectivity index (χ0n) is 14.9. The molecule has 1 fully saturated rings. The smallest absolute Gasteiger partial charge is 0.219 e. The molecule has 0 radical (unpaired) electrons. The molecule has 1 aromatic carbocycles. The topological polar surface area (TPSA) is 108 Å². The quantitative estimate of drug-likeness (QED) is 0.690. The highest BCUT2D eigenvalue weighted by molar-refractivity contribution is 5.87. The van der Waals surface area contributed by atoms with Crippen LogP contribution in [0.5, 0.6) is 0 Å². The van der Waals surface area contributed by atoms with Gasteiger partial charge in [0.25, 0.3) is 0 Å². The summed E-state index contributed by atoms with van der Waals surface area (Å²) in [5, 5.41) is 8.70. The lowest BCUT2D eigenvalue weighted by atomic mass is 9.89. The number of hydrogen-bond donors (Lipinski definition) is 2. The predicted octanol–water partition coefficient (Wildman–Crippen LogP) is 1.90. The third kappa shape index (κ3) is 3.75. The first-order valence-corrected chi connectivity index (χ1v) is 9.09. The third-order valence-electron chi connectivity index (χ3n) is 4.94. The van der Waals surface area contributed by atoms with Gasteiger partial charge in [-0.1, -0.05) is 18.2 Å². The van der Waals surface area contributed by atoms with Crippen LogP contribution in [0.2, 0.25) is 0 Å². The van der Waals surface area contributed by atoms with Gasteiger partial charge in [0, 0.05) is 25.7 Å². The lowest BCUT2D eigenvalue weighted by molar-refractivity contribution is -0.118. The van der Waals surface area contributed by atoms with Crippen LogP contribution in [0.3, 0.4) is 0 Å². The minimum atomic E-state index is -0.329. The lowest BCUT2D eigenvalue weighted by Crippen LogP contribution is -2.37. The molecule has 1 atom stereocenters. The molecule has 3 heterocycles. The third-order valence-corrected chi connectivity index (χ3v) is 4.94. The molecule has 3 N–H and O–H groups in total. The summed E-state index contributed by atoms with van der Waals surface area (Å²) < 4.78 is 7.22. The van der Waals surface area contributed by atoms with Gasteiger partial charge in [-0.25, -0.2) is 14.6 Å². The molecule has 1 amide bonds. The Morgan fingerprint density at radius 1 is 1.26 bits per heavy atom. The molecule has 0 aliphatic carbocycles. The zero-order valence-corrected chi connectivity index (χ0v) is 14.9. The van der Waals surface area contributed by atoms with Gasteiger partial charge in [0.05, 0.1) is 17.3 Å². The Morgan fingerprint density at radius 2 is 2.04 bits per heavy atom. The number of carbonyl (C=O) groups is 1. The van der Waals surface area contributed by atoms with Crippen molar-refractivity contribution in [3.63, 3.8) is 0 Å². The summed E-state index contributed by atoms with van der Waals surface area (Å²) in [6.45, 7) is 1.40. The molecule has 0 unspecified atom stereocenters. The Kier molecular flexibility index (Phi) is 4.97. The molecular formula is C19H22N6O2. The summed E-state index contributed by atoms with van der Waals surface area (Å²) in [5.41, 5.74) is 7.12. The molecule has 8 heteroatoms. The highest BCUT2D eigenvalue weighted by Gasteiger charge is 2.26. The van der Waals surface area contributed by atoms with Gasteiger partial charge in [-0.05, 0) is 30.9 Å². The van der Waals surface area contributed by atoms with Crippen molar-refractivity contribution >= 4 is 22.8 Å². The highest BCUT2D eigenvalue weighted by Crippen LogP contribution is 2.27. The molecule has 2 aromatic heterocycles. The first kappa shape index (κ1) is 17.4. The second-order valence-corrected chi connectivity index (χ2v) is 6.72. The fraction of sp³-hybridized carbons (Fsp3) is 0.368. The number of fused-ring (bicyclic) bond motifs is 1. The molecule has 4 rings (SSSR count). The number of hydrogen-bond acceptors (Lipinski definition) is 6. The van der Waals surface area contributed by atoms with E-state index in [-0.39, 0.29) is 18.4 Å². The summed E-state index contributed by atoms with van der Waals surface area (Å²) in [5.74, 6) is 0.643. The van der Waals surface area contributed by atoms with E-state index in [1.165, 1.54) is 6.33 Å². The van der Waals surface area contributed by atoms with Crippen LogP contribution in [0, 0.1) is 5.92 Å². The van der Waals surface area contributed by atoms with Crippen molar-refractivity contribution in [2.45, 2.75) is 25.3 Å². The molecule has 0 spiro atoms. The molecule has 1 aliphatic rings. The minimum Gasteiger partial charge on any atom is -0.381 e. The van der Waals surface area contributed by atoms with Crippen molar-refractivity contribution < 1.29 is 9.53 Å². The van der Waals surface area contributed by atoms with E-state index in [1.54, 1.807) is 10.9 Å². The Labute approximate surface area is 156 Å². The normalized spacial score (nSPS) is 16.3. The zero-order chi connectivity index (χ0) is 18.6. The van der Waals surface area contributed by atoms with E-state index in [9.17, 15) is 4.79 Å². The van der Waals surface area contributed by atoms with E-state index in [0.717, 1.165) is 23.9 Å². The van der Waals surface area contributed by atoms with E-state index in [4.69, 9.17) is 10.5 Å². The number of ether oxygens (including phenoxy) is 1. The van der Waals surface area contributed by atoms with E-state index < -0.39 is 0 Å². The predicted molar refractivity (Wildman–Crippen MR) is 101 cm³/mol. The number of rotatable bonds is 6. The van der Waals surface area contributed by atoms with Crippen molar-refractivity contribution in [1.29, 1.82) is 0 Å². The maximum absolute atomic E-state index is 11.6. The minimum absolute atomic E-state index is 0.0930. The van der Waals surface area contributed by atoms with Crippen LogP contribution in [-0.4, -0.2) is 44.9 Å². The van der Waals surface area contributed by atoms with Crippen LogP contribution in [0.15, 0.2) is 42.9 Å². The SMILES string of the molecule is NC(=O)C[C@@H](Nc1ncnc2c1cnn2-c1ccccc1)C1CCOCC1. The van der Waals surface area contributed by atoms with Crippen molar-refractivity contribution in [2.24, 2.45) is 11.7 Å². The number of carbonyl (C=O) groups excluding carboxylic acids is 1. The summed E-state index contributed by atoms with van der Waals surface area (Å²) >= 11 is 0. The van der Waals surface area contributed by atoms with Gasteiger partial charge in [-0.2, -0.15) is 5.10 Å². The van der Waals surface area contributed by atoms with Crippen molar-refractivity contribution in [3.8, 4) is 5.69 Å². The van der Waals surface area contributed by atoms with Gasteiger partial charge in [-0.15, -0.1) is 0 Å². The Morgan fingerprint density at radius 3 is 2.78 bits per heavy atom. The maximum Gasteiger partial charge on any atom is 0.219 e. The Balaban J connectivity index is 1.66. The second-order valence-electron chi connectivity index (χ2n) is 6.72. The van der Waals surface area contributed by atoms with Gasteiger partial charge in [-0.3, -0.25) is 4.79 Å². The number of nitrogens with one attached hydrogen (secondary N) is 1. The van der Waals surface area contributed by atoms with E-state index in [2.05, 4.69) is 20.4 Å². The number of aromatic nitrogens is 4. The molecular weight excluding hydrogens is 344 g/mol. The first-order chi connectivity index (χ1) is 13.2. The van der Waals surface area contributed by atoms with Crippen LogP contribution in [0.25, 0.3) is 16.7 Å². The largest absolute Gasteiger partial charge is 0.381 e. The molecule has 27 heavy (non-hydrogen) atoms. The first-order valence-electron chi connectivity index (χ1n) is 9.09. The van der Waals surface area contributed by atoms with E-state index in [0.29, 0.717) is 30.6 Å². The fourth-order valence-electron chi connectivity index (χ4n) is 3.56. The standard InChI is InChI=1S/C19H22N6O2/c20-17(26)10-16(13-6-8-27-9-7-13)24-18-15-11-23-25(19(15)22-12-21-18)14-4-2-1-3-5-14/h1-5,11-13,16H,6-10H2,(H2,20,26)(H,21,22,24)/t16-/m1/s1. The van der Waals surface area contributed by atoms with Gasteiger partial charge in [0.2, 0.25) is 5.91 Å². The number of amides is 1. The molecule has 1 saturated heterocycles. The maximum atomic E-state index is 11.6. The monoisotopic (exact) mass is 366 g/mol. The summed E-state index contributed by atoms with van der Waals surface area (Å²) in [4.78, 5) is 20.4. The molecule has 1 aliphatic heterocycles. The highest BCUT2D eigenvalue weighted by atomic mass is 16.5.